The maximum absolute atomic E-state index is 5.85. The van der Waals surface area contributed by atoms with Crippen molar-refractivity contribution in [2.24, 2.45) is 0 Å². The molecule has 1 rings (SSSR count). The Bertz CT molecular complexity index is 172. The zero-order chi connectivity index (χ0) is 12.3. The number of nitrogens with one attached hydrogen (secondary N) is 1. The average Bonchev–Trinajstić information content (AvgIpc) is 3.14. The molecule has 17 heavy (non-hydrogen) atoms. The largest absolute Gasteiger partial charge is 0.379 e. The Labute approximate surface area is 106 Å². The molecule has 102 valence electrons. The standard InChI is InChI=1S/C14H29NO2/c1-3-5-9-16-10-11-17-14(6-4-2)12-15-13-7-8-13/h13-15H,3-12H2,1-2H3. The Morgan fingerprint density at radius 1 is 1.12 bits per heavy atom. The first-order chi connectivity index (χ1) is 8.36. The van der Waals surface area contributed by atoms with Crippen LogP contribution < -0.4 is 5.32 Å². The number of ether oxygens (including phenoxy) is 2. The van der Waals surface area contributed by atoms with Gasteiger partial charge >= 0.3 is 0 Å². The van der Waals surface area contributed by atoms with Gasteiger partial charge in [-0.05, 0) is 25.7 Å². The molecule has 1 atom stereocenters. The number of unbranched alkanes of at least 4 members (excludes halogenated alkanes) is 1. The topological polar surface area (TPSA) is 30.5 Å². The van der Waals surface area contributed by atoms with E-state index in [1.807, 2.05) is 0 Å². The van der Waals surface area contributed by atoms with Gasteiger partial charge in [-0.15, -0.1) is 0 Å². The first-order valence-corrected chi connectivity index (χ1v) is 7.29. The van der Waals surface area contributed by atoms with Crippen molar-refractivity contribution in [3.63, 3.8) is 0 Å². The molecule has 0 aliphatic heterocycles. The van der Waals surface area contributed by atoms with Crippen molar-refractivity contribution in [3.05, 3.63) is 0 Å². The van der Waals surface area contributed by atoms with Gasteiger partial charge in [-0.3, -0.25) is 0 Å². The SMILES string of the molecule is CCCCOCCOC(CCC)CNC1CC1. The summed E-state index contributed by atoms with van der Waals surface area (Å²) >= 11 is 0. The quantitative estimate of drug-likeness (QED) is 0.535. The van der Waals surface area contributed by atoms with Crippen LogP contribution in [0.5, 0.6) is 0 Å². The van der Waals surface area contributed by atoms with Crippen LogP contribution in [0.15, 0.2) is 0 Å². The van der Waals surface area contributed by atoms with Crippen LogP contribution in [0.1, 0.15) is 52.4 Å². The van der Waals surface area contributed by atoms with E-state index in [1.165, 1.54) is 25.7 Å². The average molecular weight is 243 g/mol. The van der Waals surface area contributed by atoms with Crippen molar-refractivity contribution in [2.45, 2.75) is 64.5 Å². The molecule has 0 heterocycles. The Morgan fingerprint density at radius 3 is 2.59 bits per heavy atom. The zero-order valence-corrected chi connectivity index (χ0v) is 11.5. The molecular weight excluding hydrogens is 214 g/mol. The molecule has 3 heteroatoms. The molecule has 1 N–H and O–H groups in total. The summed E-state index contributed by atoms with van der Waals surface area (Å²) in [7, 11) is 0. The normalized spacial score (nSPS) is 17.3. The van der Waals surface area contributed by atoms with E-state index < -0.39 is 0 Å². The van der Waals surface area contributed by atoms with Gasteiger partial charge in [0.15, 0.2) is 0 Å². The number of hydrogen-bond acceptors (Lipinski definition) is 3. The summed E-state index contributed by atoms with van der Waals surface area (Å²) in [6.45, 7) is 7.75. The van der Waals surface area contributed by atoms with Crippen molar-refractivity contribution in [1.29, 1.82) is 0 Å². The van der Waals surface area contributed by atoms with Crippen LogP contribution in [0, 0.1) is 0 Å². The Balaban J connectivity index is 1.94. The lowest BCUT2D eigenvalue weighted by Gasteiger charge is -2.18. The highest BCUT2D eigenvalue weighted by Crippen LogP contribution is 2.18. The third-order valence-corrected chi connectivity index (χ3v) is 3.05. The highest BCUT2D eigenvalue weighted by atomic mass is 16.5. The summed E-state index contributed by atoms with van der Waals surface area (Å²) in [5.74, 6) is 0. The molecule has 3 nitrogen and oxygen atoms in total. The summed E-state index contributed by atoms with van der Waals surface area (Å²) in [6, 6.07) is 0.777. The molecular formula is C14H29NO2. The van der Waals surface area contributed by atoms with Gasteiger partial charge in [-0.2, -0.15) is 0 Å². The van der Waals surface area contributed by atoms with E-state index in [2.05, 4.69) is 19.2 Å². The van der Waals surface area contributed by atoms with E-state index in [0.29, 0.717) is 6.10 Å². The van der Waals surface area contributed by atoms with Gasteiger partial charge in [0.05, 0.1) is 19.3 Å². The van der Waals surface area contributed by atoms with Gasteiger partial charge in [0, 0.05) is 19.2 Å². The van der Waals surface area contributed by atoms with Crippen LogP contribution in [-0.2, 0) is 9.47 Å². The van der Waals surface area contributed by atoms with E-state index in [4.69, 9.17) is 9.47 Å². The lowest BCUT2D eigenvalue weighted by atomic mass is 10.2. The summed E-state index contributed by atoms with van der Waals surface area (Å²) in [5, 5.41) is 3.54. The summed E-state index contributed by atoms with van der Waals surface area (Å²) < 4.78 is 11.3. The molecule has 0 radical (unpaired) electrons. The first kappa shape index (κ1) is 14.9. The number of rotatable bonds is 12. The molecule has 1 aliphatic carbocycles. The number of hydrogen-bond donors (Lipinski definition) is 1. The minimum absolute atomic E-state index is 0.371. The highest BCUT2D eigenvalue weighted by molar-refractivity contribution is 4.82. The third kappa shape index (κ3) is 8.58. The van der Waals surface area contributed by atoms with Gasteiger partial charge < -0.3 is 14.8 Å². The van der Waals surface area contributed by atoms with Gasteiger partial charge in [-0.25, -0.2) is 0 Å². The van der Waals surface area contributed by atoms with Gasteiger partial charge in [0.25, 0.3) is 0 Å². The van der Waals surface area contributed by atoms with E-state index in [9.17, 15) is 0 Å². The lowest BCUT2D eigenvalue weighted by Crippen LogP contribution is -2.31. The molecule has 0 aromatic carbocycles. The monoisotopic (exact) mass is 243 g/mol. The minimum atomic E-state index is 0.371. The molecule has 0 saturated heterocycles. The summed E-state index contributed by atoms with van der Waals surface area (Å²) in [5.41, 5.74) is 0. The molecule has 1 aliphatic rings. The molecule has 1 fully saturated rings. The lowest BCUT2D eigenvalue weighted by molar-refractivity contribution is 0.00101. The first-order valence-electron chi connectivity index (χ1n) is 7.29. The summed E-state index contributed by atoms with van der Waals surface area (Å²) in [4.78, 5) is 0. The smallest absolute Gasteiger partial charge is 0.0704 e. The molecule has 0 aromatic rings. The van der Waals surface area contributed by atoms with Crippen LogP contribution in [0.3, 0.4) is 0 Å². The van der Waals surface area contributed by atoms with E-state index in [-0.39, 0.29) is 0 Å². The fraction of sp³-hybridized carbons (Fsp3) is 1.00. The fourth-order valence-corrected chi connectivity index (χ4v) is 1.77. The fourth-order valence-electron chi connectivity index (χ4n) is 1.77. The Morgan fingerprint density at radius 2 is 1.94 bits per heavy atom. The Hall–Kier alpha value is -0.120. The van der Waals surface area contributed by atoms with Crippen LogP contribution in [0.25, 0.3) is 0 Å². The third-order valence-electron chi connectivity index (χ3n) is 3.05. The summed E-state index contributed by atoms with van der Waals surface area (Å²) in [6.07, 6.45) is 7.75. The van der Waals surface area contributed by atoms with Crippen LogP contribution in [0.4, 0.5) is 0 Å². The van der Waals surface area contributed by atoms with E-state index in [0.717, 1.165) is 45.2 Å². The highest BCUT2D eigenvalue weighted by Gasteiger charge is 2.21. The second-order valence-electron chi connectivity index (χ2n) is 4.93. The zero-order valence-electron chi connectivity index (χ0n) is 11.5. The molecule has 0 bridgehead atoms. The van der Waals surface area contributed by atoms with Crippen LogP contribution >= 0.6 is 0 Å². The van der Waals surface area contributed by atoms with Crippen molar-refractivity contribution < 1.29 is 9.47 Å². The van der Waals surface area contributed by atoms with Crippen molar-refractivity contribution in [2.75, 3.05) is 26.4 Å². The van der Waals surface area contributed by atoms with E-state index >= 15 is 0 Å². The van der Waals surface area contributed by atoms with Crippen LogP contribution in [0.2, 0.25) is 0 Å². The van der Waals surface area contributed by atoms with Crippen molar-refractivity contribution >= 4 is 0 Å². The molecule has 1 unspecified atom stereocenters. The second kappa shape index (κ2) is 9.86. The van der Waals surface area contributed by atoms with Gasteiger partial charge in [0.1, 0.15) is 0 Å². The predicted octanol–water partition coefficient (Wildman–Crippen LogP) is 2.74. The van der Waals surface area contributed by atoms with E-state index in [1.54, 1.807) is 0 Å². The maximum Gasteiger partial charge on any atom is 0.0704 e. The van der Waals surface area contributed by atoms with Crippen LogP contribution in [-0.4, -0.2) is 38.5 Å². The molecule has 0 aromatic heterocycles. The van der Waals surface area contributed by atoms with Crippen molar-refractivity contribution in [1.82, 2.24) is 5.32 Å². The second-order valence-corrected chi connectivity index (χ2v) is 4.93. The van der Waals surface area contributed by atoms with Crippen molar-refractivity contribution in [3.8, 4) is 0 Å². The van der Waals surface area contributed by atoms with Gasteiger partial charge in [-0.1, -0.05) is 26.7 Å². The molecule has 0 amide bonds. The van der Waals surface area contributed by atoms with Gasteiger partial charge in [0.2, 0.25) is 0 Å². The molecule has 1 saturated carbocycles. The minimum Gasteiger partial charge on any atom is -0.379 e. The maximum atomic E-state index is 5.85. The molecule has 0 spiro atoms. The Kier molecular flexibility index (Phi) is 8.67. The predicted molar refractivity (Wildman–Crippen MR) is 71.4 cm³/mol.